The maximum absolute atomic E-state index is 13.8. The Morgan fingerprint density at radius 3 is 1.96 bits per heavy atom. The number of carbonyl (C=O) groups is 2. The Labute approximate surface area is 153 Å². The molecule has 1 fully saturated rings. The first-order valence-electron chi connectivity index (χ1n) is 8.76. The SMILES string of the molecule is CCCCCOC(=O)C1CCN(C(=O)c2c(F)c(F)c(F)c(F)c2F)CC1. The summed E-state index contributed by atoms with van der Waals surface area (Å²) in [6, 6.07) is 0. The molecular weight excluding hydrogens is 373 g/mol. The molecule has 0 aromatic heterocycles. The first kappa shape index (κ1) is 21.1. The van der Waals surface area contributed by atoms with Gasteiger partial charge in [0.15, 0.2) is 23.3 Å². The standard InChI is InChI=1S/C18H20F5NO3/c1-2-3-4-9-27-18(26)10-5-7-24(8-6-10)17(25)11-12(19)14(21)16(23)15(22)13(11)20/h10H,2-9H2,1H3. The number of ether oxygens (including phenoxy) is 1. The van der Waals surface area contributed by atoms with Gasteiger partial charge in [-0.3, -0.25) is 9.59 Å². The molecule has 0 radical (unpaired) electrons. The highest BCUT2D eigenvalue weighted by molar-refractivity contribution is 5.95. The zero-order valence-electron chi connectivity index (χ0n) is 14.8. The summed E-state index contributed by atoms with van der Waals surface area (Å²) in [7, 11) is 0. The average molecular weight is 393 g/mol. The number of hydrogen-bond acceptors (Lipinski definition) is 3. The van der Waals surface area contributed by atoms with Crippen LogP contribution in [0.5, 0.6) is 0 Å². The van der Waals surface area contributed by atoms with Gasteiger partial charge in [-0.15, -0.1) is 0 Å². The number of amides is 1. The van der Waals surface area contributed by atoms with E-state index in [4.69, 9.17) is 4.74 Å². The van der Waals surface area contributed by atoms with Crippen LogP contribution in [0, 0.1) is 35.0 Å². The fourth-order valence-corrected chi connectivity index (χ4v) is 2.91. The van der Waals surface area contributed by atoms with Gasteiger partial charge in [0.1, 0.15) is 5.56 Å². The van der Waals surface area contributed by atoms with Crippen LogP contribution in [-0.2, 0) is 9.53 Å². The van der Waals surface area contributed by atoms with Crippen molar-refractivity contribution in [1.29, 1.82) is 0 Å². The van der Waals surface area contributed by atoms with Gasteiger partial charge in [-0.05, 0) is 19.3 Å². The lowest BCUT2D eigenvalue weighted by Crippen LogP contribution is -2.41. The van der Waals surface area contributed by atoms with Crippen LogP contribution in [0.1, 0.15) is 49.4 Å². The van der Waals surface area contributed by atoms with Crippen LogP contribution in [0.2, 0.25) is 0 Å². The molecule has 1 saturated heterocycles. The summed E-state index contributed by atoms with van der Waals surface area (Å²) in [6.07, 6.45) is 3.04. The lowest BCUT2D eigenvalue weighted by Gasteiger charge is -2.31. The Morgan fingerprint density at radius 2 is 1.44 bits per heavy atom. The van der Waals surface area contributed by atoms with Crippen LogP contribution in [0.25, 0.3) is 0 Å². The van der Waals surface area contributed by atoms with Crippen molar-refractivity contribution in [3.8, 4) is 0 Å². The minimum atomic E-state index is -2.31. The molecule has 1 amide bonds. The minimum Gasteiger partial charge on any atom is -0.465 e. The molecule has 27 heavy (non-hydrogen) atoms. The van der Waals surface area contributed by atoms with Crippen molar-refractivity contribution in [2.24, 2.45) is 5.92 Å². The maximum Gasteiger partial charge on any atom is 0.309 e. The molecule has 1 aliphatic rings. The van der Waals surface area contributed by atoms with Crippen LogP contribution in [-0.4, -0.2) is 36.5 Å². The van der Waals surface area contributed by atoms with Gasteiger partial charge in [0.05, 0.1) is 12.5 Å². The van der Waals surface area contributed by atoms with Crippen molar-refractivity contribution >= 4 is 11.9 Å². The Kier molecular flexibility index (Phi) is 7.15. The zero-order valence-corrected chi connectivity index (χ0v) is 14.8. The number of rotatable bonds is 6. The summed E-state index contributed by atoms with van der Waals surface area (Å²) in [4.78, 5) is 25.2. The summed E-state index contributed by atoms with van der Waals surface area (Å²) in [5.74, 6) is -13.1. The smallest absolute Gasteiger partial charge is 0.309 e. The quantitative estimate of drug-likeness (QED) is 0.242. The van der Waals surface area contributed by atoms with Crippen LogP contribution in [0.15, 0.2) is 0 Å². The molecule has 4 nitrogen and oxygen atoms in total. The van der Waals surface area contributed by atoms with Crippen LogP contribution >= 0.6 is 0 Å². The Hall–Kier alpha value is -2.19. The Morgan fingerprint density at radius 1 is 0.926 bits per heavy atom. The van der Waals surface area contributed by atoms with E-state index in [1.165, 1.54) is 0 Å². The van der Waals surface area contributed by atoms with Crippen LogP contribution < -0.4 is 0 Å². The monoisotopic (exact) mass is 393 g/mol. The third-order valence-corrected chi connectivity index (χ3v) is 4.53. The van der Waals surface area contributed by atoms with Crippen molar-refractivity contribution < 1.29 is 36.3 Å². The Bertz CT molecular complexity index is 688. The number of halogens is 5. The number of unbranched alkanes of at least 4 members (excludes halogenated alkanes) is 2. The predicted octanol–water partition coefficient (Wildman–Crippen LogP) is 3.97. The van der Waals surface area contributed by atoms with Crippen LogP contribution in [0.3, 0.4) is 0 Å². The molecule has 0 unspecified atom stereocenters. The fraction of sp³-hybridized carbons (Fsp3) is 0.556. The second-order valence-electron chi connectivity index (χ2n) is 6.39. The highest BCUT2D eigenvalue weighted by Crippen LogP contribution is 2.26. The first-order chi connectivity index (χ1) is 12.8. The van der Waals surface area contributed by atoms with Crippen molar-refractivity contribution in [2.45, 2.75) is 39.0 Å². The maximum atomic E-state index is 13.8. The highest BCUT2D eigenvalue weighted by atomic mass is 19.2. The molecule has 0 saturated carbocycles. The molecule has 0 bridgehead atoms. The first-order valence-corrected chi connectivity index (χ1v) is 8.76. The summed E-state index contributed by atoms with van der Waals surface area (Å²) in [5, 5.41) is 0. The molecule has 1 heterocycles. The third-order valence-electron chi connectivity index (χ3n) is 4.53. The summed E-state index contributed by atoms with van der Waals surface area (Å²) in [6.45, 7) is 2.22. The van der Waals surface area contributed by atoms with Crippen molar-refractivity contribution in [3.63, 3.8) is 0 Å². The molecule has 0 N–H and O–H groups in total. The molecule has 150 valence electrons. The van der Waals surface area contributed by atoms with Gasteiger partial charge in [-0.25, -0.2) is 22.0 Å². The molecule has 1 aromatic carbocycles. The highest BCUT2D eigenvalue weighted by Gasteiger charge is 2.34. The lowest BCUT2D eigenvalue weighted by molar-refractivity contribution is -0.150. The number of likely N-dealkylation sites (tertiary alicyclic amines) is 1. The molecule has 0 atom stereocenters. The van der Waals surface area contributed by atoms with Crippen molar-refractivity contribution in [1.82, 2.24) is 4.90 Å². The van der Waals surface area contributed by atoms with E-state index in [0.29, 0.717) is 6.61 Å². The number of hydrogen-bond donors (Lipinski definition) is 0. The third kappa shape index (κ3) is 4.56. The van der Waals surface area contributed by atoms with E-state index in [2.05, 4.69) is 0 Å². The van der Waals surface area contributed by atoms with Gasteiger partial charge in [-0.2, -0.15) is 0 Å². The number of esters is 1. The lowest BCUT2D eigenvalue weighted by atomic mass is 9.96. The number of nitrogens with zero attached hydrogens (tertiary/aromatic N) is 1. The molecule has 9 heteroatoms. The molecule has 2 rings (SSSR count). The van der Waals surface area contributed by atoms with Crippen molar-refractivity contribution in [2.75, 3.05) is 19.7 Å². The van der Waals surface area contributed by atoms with Crippen molar-refractivity contribution in [3.05, 3.63) is 34.6 Å². The van der Waals surface area contributed by atoms with E-state index in [9.17, 15) is 31.5 Å². The molecule has 0 aliphatic carbocycles. The van der Waals surface area contributed by atoms with E-state index >= 15 is 0 Å². The minimum absolute atomic E-state index is 0.0486. The van der Waals surface area contributed by atoms with E-state index in [1.54, 1.807) is 0 Å². The molecule has 1 aromatic rings. The van der Waals surface area contributed by atoms with E-state index < -0.39 is 52.4 Å². The second-order valence-corrected chi connectivity index (χ2v) is 6.39. The zero-order chi connectivity index (χ0) is 20.1. The number of piperidine rings is 1. The van der Waals surface area contributed by atoms with E-state index in [-0.39, 0.29) is 25.9 Å². The van der Waals surface area contributed by atoms with Gasteiger partial charge in [-0.1, -0.05) is 19.8 Å². The summed E-state index contributed by atoms with van der Waals surface area (Å²) < 4.78 is 72.3. The van der Waals surface area contributed by atoms with Gasteiger partial charge in [0.2, 0.25) is 5.82 Å². The molecule has 0 spiro atoms. The Balaban J connectivity index is 2.01. The van der Waals surface area contributed by atoms with E-state index in [0.717, 1.165) is 24.2 Å². The normalized spacial score (nSPS) is 15.1. The van der Waals surface area contributed by atoms with Crippen LogP contribution in [0.4, 0.5) is 22.0 Å². The summed E-state index contributed by atoms with van der Waals surface area (Å²) >= 11 is 0. The fourth-order valence-electron chi connectivity index (χ4n) is 2.91. The van der Waals surface area contributed by atoms with Gasteiger partial charge >= 0.3 is 5.97 Å². The predicted molar refractivity (Wildman–Crippen MR) is 85.3 cm³/mol. The summed E-state index contributed by atoms with van der Waals surface area (Å²) in [5.41, 5.74) is -1.48. The molecule has 1 aliphatic heterocycles. The van der Waals surface area contributed by atoms with Gasteiger partial charge < -0.3 is 9.64 Å². The largest absolute Gasteiger partial charge is 0.465 e. The van der Waals surface area contributed by atoms with Gasteiger partial charge in [0, 0.05) is 13.1 Å². The van der Waals surface area contributed by atoms with Gasteiger partial charge in [0.25, 0.3) is 5.91 Å². The second kappa shape index (κ2) is 9.14. The topological polar surface area (TPSA) is 46.6 Å². The average Bonchev–Trinajstić information content (AvgIpc) is 2.68. The number of benzene rings is 1. The van der Waals surface area contributed by atoms with E-state index in [1.807, 2.05) is 6.92 Å². The molecular formula is C18H20F5NO3. The number of carbonyl (C=O) groups excluding carboxylic acids is 2.